The van der Waals surface area contributed by atoms with E-state index in [9.17, 15) is 13.2 Å². The number of rotatable bonds is 5. The zero-order valence-electron chi connectivity index (χ0n) is 14.6. The third-order valence-corrected chi connectivity index (χ3v) is 7.99. The summed E-state index contributed by atoms with van der Waals surface area (Å²) in [6, 6.07) is 8.50. The number of amides is 1. The van der Waals surface area contributed by atoms with Crippen molar-refractivity contribution in [1.82, 2.24) is 4.31 Å². The van der Waals surface area contributed by atoms with Crippen molar-refractivity contribution in [2.24, 2.45) is 0 Å². The molecule has 27 heavy (non-hydrogen) atoms. The first-order valence-corrected chi connectivity index (χ1v) is 11.1. The summed E-state index contributed by atoms with van der Waals surface area (Å²) in [6.07, 6.45) is 2.99. The summed E-state index contributed by atoms with van der Waals surface area (Å²) in [5.74, 6) is 1.04. The van der Waals surface area contributed by atoms with Crippen LogP contribution in [0.4, 0.5) is 5.69 Å². The van der Waals surface area contributed by atoms with E-state index in [0.717, 1.165) is 30.6 Å². The molecule has 1 fully saturated rings. The van der Waals surface area contributed by atoms with Crippen LogP contribution in [0.2, 0.25) is 0 Å². The summed E-state index contributed by atoms with van der Waals surface area (Å²) >= 11 is 1.16. The Morgan fingerprint density at radius 2 is 1.85 bits per heavy atom. The number of anilines is 1. The van der Waals surface area contributed by atoms with Gasteiger partial charge in [-0.15, -0.1) is 11.3 Å². The fourth-order valence-electron chi connectivity index (χ4n) is 3.16. The minimum Gasteiger partial charge on any atom is -0.454 e. The van der Waals surface area contributed by atoms with E-state index in [1.165, 1.54) is 0 Å². The second-order valence-electron chi connectivity index (χ2n) is 6.48. The van der Waals surface area contributed by atoms with E-state index in [1.807, 2.05) is 0 Å². The molecule has 3 heterocycles. The number of carbonyl (C=O) groups excluding carboxylic acids is 1. The molecule has 0 spiro atoms. The number of nitrogens with zero attached hydrogens (tertiary/aromatic N) is 1. The Kier molecular flexibility index (Phi) is 5.07. The van der Waals surface area contributed by atoms with Crippen LogP contribution in [0.15, 0.2) is 34.5 Å². The van der Waals surface area contributed by atoms with Gasteiger partial charge in [-0.3, -0.25) is 4.79 Å². The van der Waals surface area contributed by atoms with E-state index in [4.69, 9.17) is 9.47 Å². The summed E-state index contributed by atoms with van der Waals surface area (Å²) < 4.78 is 37.8. The number of benzene rings is 1. The van der Waals surface area contributed by atoms with Gasteiger partial charge in [0.1, 0.15) is 4.21 Å². The third-order valence-electron chi connectivity index (χ3n) is 4.54. The van der Waals surface area contributed by atoms with Crippen LogP contribution in [-0.4, -0.2) is 38.5 Å². The number of ether oxygens (including phenoxy) is 2. The topological polar surface area (TPSA) is 84.9 Å². The van der Waals surface area contributed by atoms with E-state index in [0.29, 0.717) is 39.4 Å². The molecule has 4 rings (SSSR count). The zero-order valence-corrected chi connectivity index (χ0v) is 16.3. The summed E-state index contributed by atoms with van der Waals surface area (Å²) in [6.45, 7) is 1.32. The van der Waals surface area contributed by atoms with Gasteiger partial charge in [-0.25, -0.2) is 8.42 Å². The summed E-state index contributed by atoms with van der Waals surface area (Å²) in [5, 5.41) is 2.80. The fourth-order valence-corrected chi connectivity index (χ4v) is 6.19. The van der Waals surface area contributed by atoms with E-state index >= 15 is 0 Å². The van der Waals surface area contributed by atoms with E-state index < -0.39 is 10.0 Å². The van der Waals surface area contributed by atoms with E-state index in [2.05, 4.69) is 5.32 Å². The summed E-state index contributed by atoms with van der Waals surface area (Å²) in [4.78, 5) is 13.0. The van der Waals surface area contributed by atoms with Gasteiger partial charge in [0.15, 0.2) is 11.5 Å². The van der Waals surface area contributed by atoms with Gasteiger partial charge in [-0.05, 0) is 37.1 Å². The highest BCUT2D eigenvalue weighted by molar-refractivity contribution is 7.91. The van der Waals surface area contributed by atoms with Crippen LogP contribution >= 0.6 is 11.3 Å². The predicted molar refractivity (Wildman–Crippen MR) is 102 cm³/mol. The van der Waals surface area contributed by atoms with Crippen molar-refractivity contribution in [3.8, 4) is 11.5 Å². The maximum atomic E-state index is 12.7. The molecule has 0 bridgehead atoms. The quantitative estimate of drug-likeness (QED) is 0.822. The summed E-state index contributed by atoms with van der Waals surface area (Å²) in [5.41, 5.74) is 0.613. The molecular weight excluding hydrogens is 388 g/mol. The highest BCUT2D eigenvalue weighted by atomic mass is 32.2. The Balaban J connectivity index is 1.40. The monoisotopic (exact) mass is 408 g/mol. The van der Waals surface area contributed by atoms with Crippen molar-refractivity contribution in [2.75, 3.05) is 25.2 Å². The molecule has 1 aromatic heterocycles. The molecule has 0 unspecified atom stereocenters. The molecule has 7 nitrogen and oxygen atoms in total. The van der Waals surface area contributed by atoms with Gasteiger partial charge in [0.05, 0.1) is 6.42 Å². The van der Waals surface area contributed by atoms with Crippen molar-refractivity contribution in [3.63, 3.8) is 0 Å². The molecule has 1 saturated heterocycles. The number of sulfonamides is 1. The van der Waals surface area contributed by atoms with Crippen LogP contribution < -0.4 is 14.8 Å². The average molecular weight is 409 g/mol. The smallest absolute Gasteiger partial charge is 0.252 e. The van der Waals surface area contributed by atoms with E-state index in [1.54, 1.807) is 34.6 Å². The molecule has 9 heteroatoms. The van der Waals surface area contributed by atoms with Gasteiger partial charge in [0.2, 0.25) is 12.7 Å². The number of hydrogen-bond acceptors (Lipinski definition) is 6. The lowest BCUT2D eigenvalue weighted by Crippen LogP contribution is -2.35. The van der Waals surface area contributed by atoms with Gasteiger partial charge in [-0.1, -0.05) is 6.42 Å². The van der Waals surface area contributed by atoms with Crippen molar-refractivity contribution < 1.29 is 22.7 Å². The molecule has 0 saturated carbocycles. The Labute approximate surface area is 161 Å². The standard InChI is InChI=1S/C18H20N2O5S2/c21-17(19-13-4-6-15-16(10-13)25-12-24-15)11-14-5-7-18(26-14)27(22,23)20-8-2-1-3-9-20/h4-7,10H,1-3,8-9,11-12H2,(H,19,21). The molecule has 1 N–H and O–H groups in total. The largest absolute Gasteiger partial charge is 0.454 e. The van der Waals surface area contributed by atoms with Crippen LogP contribution in [-0.2, 0) is 21.2 Å². The van der Waals surface area contributed by atoms with Gasteiger partial charge in [-0.2, -0.15) is 4.31 Å². The molecule has 144 valence electrons. The first-order chi connectivity index (χ1) is 13.0. The highest BCUT2D eigenvalue weighted by Crippen LogP contribution is 2.34. The first-order valence-electron chi connectivity index (χ1n) is 8.81. The minimum absolute atomic E-state index is 0.120. The lowest BCUT2D eigenvalue weighted by Gasteiger charge is -2.25. The SMILES string of the molecule is O=C(Cc1ccc(S(=O)(=O)N2CCCCC2)s1)Nc1ccc2c(c1)OCO2. The van der Waals surface area contributed by atoms with Crippen LogP contribution in [0, 0.1) is 0 Å². The van der Waals surface area contributed by atoms with Crippen molar-refractivity contribution in [2.45, 2.75) is 29.9 Å². The zero-order chi connectivity index (χ0) is 18.9. The molecule has 1 aromatic carbocycles. The second-order valence-corrected chi connectivity index (χ2v) is 9.81. The Bertz CT molecular complexity index is 948. The predicted octanol–water partition coefficient (Wildman–Crippen LogP) is 2.83. The van der Waals surface area contributed by atoms with Crippen LogP contribution in [0.25, 0.3) is 0 Å². The molecule has 2 aromatic rings. The molecule has 2 aliphatic heterocycles. The normalized spacial score (nSPS) is 17.0. The average Bonchev–Trinajstić information content (AvgIpc) is 3.31. The Hall–Kier alpha value is -2.10. The minimum atomic E-state index is -3.45. The fraction of sp³-hybridized carbons (Fsp3) is 0.389. The number of nitrogens with one attached hydrogen (secondary N) is 1. The maximum absolute atomic E-state index is 12.7. The van der Waals surface area contributed by atoms with Gasteiger partial charge in [0.25, 0.3) is 10.0 Å². The van der Waals surface area contributed by atoms with Crippen molar-refractivity contribution >= 4 is 33.0 Å². The lowest BCUT2D eigenvalue weighted by molar-refractivity contribution is -0.115. The number of fused-ring (bicyclic) bond motifs is 1. The lowest BCUT2D eigenvalue weighted by atomic mass is 10.2. The highest BCUT2D eigenvalue weighted by Gasteiger charge is 2.27. The molecule has 1 amide bonds. The number of thiophene rings is 1. The molecule has 0 radical (unpaired) electrons. The summed E-state index contributed by atoms with van der Waals surface area (Å²) in [7, 11) is -3.45. The Morgan fingerprint density at radius 1 is 1.07 bits per heavy atom. The van der Waals surface area contributed by atoms with Crippen LogP contribution in [0.3, 0.4) is 0 Å². The molecule has 0 aliphatic carbocycles. The van der Waals surface area contributed by atoms with Crippen molar-refractivity contribution in [3.05, 3.63) is 35.2 Å². The van der Waals surface area contributed by atoms with Crippen molar-refractivity contribution in [1.29, 1.82) is 0 Å². The third kappa shape index (κ3) is 3.95. The van der Waals surface area contributed by atoms with Crippen LogP contribution in [0.1, 0.15) is 24.1 Å². The second kappa shape index (κ2) is 7.49. The molecule has 0 atom stereocenters. The van der Waals surface area contributed by atoms with Gasteiger partial charge < -0.3 is 14.8 Å². The van der Waals surface area contributed by atoms with Crippen LogP contribution in [0.5, 0.6) is 11.5 Å². The number of piperidine rings is 1. The number of hydrogen-bond donors (Lipinski definition) is 1. The van der Waals surface area contributed by atoms with E-state index in [-0.39, 0.29) is 19.1 Å². The molecule has 2 aliphatic rings. The van der Waals surface area contributed by atoms with Gasteiger partial charge in [0, 0.05) is 29.7 Å². The number of carbonyl (C=O) groups is 1. The maximum Gasteiger partial charge on any atom is 0.252 e. The Morgan fingerprint density at radius 3 is 2.67 bits per heavy atom. The molecular formula is C18H20N2O5S2. The van der Waals surface area contributed by atoms with Gasteiger partial charge >= 0.3 is 0 Å². The first kappa shape index (κ1) is 18.3.